The molecule has 0 spiro atoms. The lowest BCUT2D eigenvalue weighted by Gasteiger charge is -2.12. The average molecular weight is 155 g/mol. The van der Waals surface area contributed by atoms with Gasteiger partial charge < -0.3 is 0 Å². The molecule has 0 atom stereocenters. The second-order valence-electron chi connectivity index (χ2n) is 4.01. The van der Waals surface area contributed by atoms with Gasteiger partial charge in [0.15, 0.2) is 0 Å². The van der Waals surface area contributed by atoms with Gasteiger partial charge in [-0.15, -0.1) is 0 Å². The average Bonchev–Trinajstić information content (AvgIpc) is 1.86. The zero-order chi connectivity index (χ0) is 8.69. The molecule has 0 heterocycles. The van der Waals surface area contributed by atoms with E-state index in [0.717, 1.165) is 5.92 Å². The summed E-state index contributed by atoms with van der Waals surface area (Å²) in [5.74, 6) is 2.53. The third-order valence-electron chi connectivity index (χ3n) is 1.96. The van der Waals surface area contributed by atoms with Crippen molar-refractivity contribution in [3.63, 3.8) is 0 Å². The topological polar surface area (TPSA) is 0 Å². The molecule has 1 radical (unpaired) electrons. The van der Waals surface area contributed by atoms with Crippen molar-refractivity contribution in [2.45, 2.75) is 59.8 Å². The Bertz CT molecular complexity index is 74.1. The predicted octanol–water partition coefficient (Wildman–Crippen LogP) is 4.21. The summed E-state index contributed by atoms with van der Waals surface area (Å²) in [7, 11) is 0. The van der Waals surface area contributed by atoms with Crippen LogP contribution in [0.5, 0.6) is 0 Å². The molecule has 0 aliphatic heterocycles. The maximum atomic E-state index is 2.30. The van der Waals surface area contributed by atoms with Gasteiger partial charge in [0.05, 0.1) is 0 Å². The molecule has 0 N–H and O–H groups in total. The highest BCUT2D eigenvalue weighted by molar-refractivity contribution is 4.84. The molecule has 67 valence electrons. The van der Waals surface area contributed by atoms with Crippen LogP contribution in [0.1, 0.15) is 59.8 Å². The molecule has 0 aromatic carbocycles. The molecule has 0 fully saturated rings. The molecule has 0 saturated heterocycles. The van der Waals surface area contributed by atoms with Crippen molar-refractivity contribution < 1.29 is 0 Å². The third-order valence-corrected chi connectivity index (χ3v) is 1.96. The summed E-state index contributed by atoms with van der Waals surface area (Å²) in [6.45, 7) is 9.15. The van der Waals surface area contributed by atoms with E-state index in [-0.39, 0.29) is 0 Å². The van der Waals surface area contributed by atoms with Gasteiger partial charge in [0.1, 0.15) is 0 Å². The molecule has 0 rings (SSSR count). The molecule has 0 heteroatoms. The SMILES string of the molecule is CCCCC[C](C)CC(C)C. The first-order valence-electron chi connectivity index (χ1n) is 4.98. The Balaban J connectivity index is 3.15. The van der Waals surface area contributed by atoms with Gasteiger partial charge in [-0.3, -0.25) is 0 Å². The van der Waals surface area contributed by atoms with Crippen LogP contribution < -0.4 is 0 Å². The van der Waals surface area contributed by atoms with Crippen LogP contribution in [-0.2, 0) is 0 Å². The van der Waals surface area contributed by atoms with Gasteiger partial charge in [-0.1, -0.05) is 47.0 Å². The maximum Gasteiger partial charge on any atom is -0.0269 e. The van der Waals surface area contributed by atoms with Crippen LogP contribution in [0.2, 0.25) is 0 Å². The predicted molar refractivity (Wildman–Crippen MR) is 52.5 cm³/mol. The lowest BCUT2D eigenvalue weighted by Crippen LogP contribution is -1.97. The molecule has 11 heavy (non-hydrogen) atoms. The number of hydrogen-bond acceptors (Lipinski definition) is 0. The first-order valence-corrected chi connectivity index (χ1v) is 4.98. The van der Waals surface area contributed by atoms with E-state index in [2.05, 4.69) is 27.7 Å². The second kappa shape index (κ2) is 6.69. The van der Waals surface area contributed by atoms with Crippen LogP contribution in [0.3, 0.4) is 0 Å². The van der Waals surface area contributed by atoms with Gasteiger partial charge in [0.2, 0.25) is 0 Å². The molecule has 0 amide bonds. The number of rotatable bonds is 6. The van der Waals surface area contributed by atoms with Gasteiger partial charge in [-0.2, -0.15) is 0 Å². The molecule has 0 saturated carbocycles. The van der Waals surface area contributed by atoms with Gasteiger partial charge in [0.25, 0.3) is 0 Å². The molecular formula is C11H23. The van der Waals surface area contributed by atoms with Crippen molar-refractivity contribution in [2.24, 2.45) is 5.92 Å². The highest BCUT2D eigenvalue weighted by Crippen LogP contribution is 2.19. The smallest absolute Gasteiger partial charge is 0.0269 e. The van der Waals surface area contributed by atoms with E-state index in [1.807, 2.05) is 0 Å². The summed E-state index contributed by atoms with van der Waals surface area (Å²) in [6.07, 6.45) is 6.81. The summed E-state index contributed by atoms with van der Waals surface area (Å²) in [5.41, 5.74) is 0. The van der Waals surface area contributed by atoms with Crippen molar-refractivity contribution in [3.8, 4) is 0 Å². The largest absolute Gasteiger partial charge is 0.0654 e. The van der Waals surface area contributed by atoms with Crippen molar-refractivity contribution in [1.82, 2.24) is 0 Å². The van der Waals surface area contributed by atoms with Gasteiger partial charge >= 0.3 is 0 Å². The highest BCUT2D eigenvalue weighted by atomic mass is 14.1. The summed E-state index contributed by atoms with van der Waals surface area (Å²) in [6, 6.07) is 0. The monoisotopic (exact) mass is 155 g/mol. The molecule has 0 aromatic heterocycles. The Hall–Kier alpha value is 0. The molecule has 0 bridgehead atoms. The fourth-order valence-electron chi connectivity index (χ4n) is 1.48. The van der Waals surface area contributed by atoms with Crippen LogP contribution in [0.15, 0.2) is 0 Å². The quantitative estimate of drug-likeness (QED) is 0.504. The van der Waals surface area contributed by atoms with E-state index in [9.17, 15) is 0 Å². The summed E-state index contributed by atoms with van der Waals surface area (Å²) < 4.78 is 0. The van der Waals surface area contributed by atoms with E-state index in [1.165, 1.54) is 32.1 Å². The normalized spacial score (nSPS) is 11.5. The fraction of sp³-hybridized carbons (Fsp3) is 0.909. The van der Waals surface area contributed by atoms with Gasteiger partial charge in [-0.25, -0.2) is 0 Å². The van der Waals surface area contributed by atoms with Crippen molar-refractivity contribution in [3.05, 3.63) is 5.92 Å². The minimum Gasteiger partial charge on any atom is -0.0654 e. The molecule has 0 aliphatic rings. The van der Waals surface area contributed by atoms with Gasteiger partial charge in [0, 0.05) is 0 Å². The standard InChI is InChI=1S/C11H23/c1-5-6-7-8-11(4)9-10(2)3/h10H,5-9H2,1-4H3. The van der Waals surface area contributed by atoms with Crippen LogP contribution in [0.25, 0.3) is 0 Å². The summed E-state index contributed by atoms with van der Waals surface area (Å²) in [5, 5.41) is 0. The Morgan fingerprint density at radius 2 is 1.82 bits per heavy atom. The van der Waals surface area contributed by atoms with Crippen molar-refractivity contribution >= 4 is 0 Å². The van der Waals surface area contributed by atoms with Crippen molar-refractivity contribution in [1.29, 1.82) is 0 Å². The summed E-state index contributed by atoms with van der Waals surface area (Å²) >= 11 is 0. The maximum absolute atomic E-state index is 2.30. The van der Waals surface area contributed by atoms with E-state index >= 15 is 0 Å². The van der Waals surface area contributed by atoms with Crippen LogP contribution in [0, 0.1) is 11.8 Å². The first kappa shape index (κ1) is 11.0. The molecule has 0 aliphatic carbocycles. The number of hydrogen-bond donors (Lipinski definition) is 0. The highest BCUT2D eigenvalue weighted by Gasteiger charge is 2.04. The zero-order valence-corrected chi connectivity index (χ0v) is 8.61. The van der Waals surface area contributed by atoms with E-state index < -0.39 is 0 Å². The van der Waals surface area contributed by atoms with E-state index in [0.29, 0.717) is 0 Å². The summed E-state index contributed by atoms with van der Waals surface area (Å²) in [4.78, 5) is 0. The van der Waals surface area contributed by atoms with E-state index in [4.69, 9.17) is 0 Å². The lowest BCUT2D eigenvalue weighted by molar-refractivity contribution is 0.551. The van der Waals surface area contributed by atoms with Crippen molar-refractivity contribution in [2.75, 3.05) is 0 Å². The minimum absolute atomic E-state index is 0.844. The van der Waals surface area contributed by atoms with Crippen LogP contribution in [-0.4, -0.2) is 0 Å². The van der Waals surface area contributed by atoms with E-state index in [1.54, 1.807) is 5.92 Å². The third kappa shape index (κ3) is 7.90. The van der Waals surface area contributed by atoms with Crippen LogP contribution >= 0.6 is 0 Å². The van der Waals surface area contributed by atoms with Gasteiger partial charge in [-0.05, 0) is 24.7 Å². The molecule has 0 aromatic rings. The Morgan fingerprint density at radius 3 is 2.27 bits per heavy atom. The Kier molecular flexibility index (Phi) is 6.69. The molecule has 0 unspecified atom stereocenters. The second-order valence-corrected chi connectivity index (χ2v) is 4.01. The number of unbranched alkanes of at least 4 members (excludes halogenated alkanes) is 2. The minimum atomic E-state index is 0.844. The first-order chi connectivity index (χ1) is 5.16. The molecule has 0 nitrogen and oxygen atoms in total. The van der Waals surface area contributed by atoms with Crippen LogP contribution in [0.4, 0.5) is 0 Å². The Labute approximate surface area is 72.4 Å². The Morgan fingerprint density at radius 1 is 1.18 bits per heavy atom. The molecular weight excluding hydrogens is 132 g/mol. The fourth-order valence-corrected chi connectivity index (χ4v) is 1.48. The lowest BCUT2D eigenvalue weighted by atomic mass is 9.94. The zero-order valence-electron chi connectivity index (χ0n) is 8.61.